The maximum absolute atomic E-state index is 5.73. The average molecular weight is 549 g/mol. The van der Waals surface area contributed by atoms with Gasteiger partial charge in [-0.1, -0.05) is 26.0 Å². The van der Waals surface area contributed by atoms with Gasteiger partial charge in [-0.25, -0.2) is 0 Å². The number of nitrogens with zero attached hydrogens (tertiary/aromatic N) is 2. The van der Waals surface area contributed by atoms with Crippen LogP contribution in [0.1, 0.15) is 44.7 Å². The van der Waals surface area contributed by atoms with Crippen LogP contribution in [-0.4, -0.2) is 77.1 Å². The number of aliphatic imine (C=N–C) groups is 1. The monoisotopic (exact) mass is 548 g/mol. The van der Waals surface area contributed by atoms with Crippen molar-refractivity contribution < 1.29 is 14.2 Å². The van der Waals surface area contributed by atoms with Crippen LogP contribution < -0.4 is 15.4 Å². The standard InChI is InChI=1S/C23H40N4O3.HI/c1-5-27(6-2)22(19-10-7-11-20(16-19)28-4)17-26-23(24-3)25-13-9-14-29-18-21-12-8-15-30-21;/h7,10-11,16,21-22H,5-6,8-9,12-15,17-18H2,1-4H3,(H2,24,25,26);1H. The molecule has 8 heteroatoms. The van der Waals surface area contributed by atoms with E-state index in [2.05, 4.69) is 46.5 Å². The number of nitrogens with one attached hydrogen (secondary N) is 2. The zero-order valence-electron chi connectivity index (χ0n) is 19.6. The van der Waals surface area contributed by atoms with Crippen LogP contribution in [0, 0.1) is 0 Å². The van der Waals surface area contributed by atoms with Crippen molar-refractivity contribution in [3.05, 3.63) is 29.8 Å². The van der Waals surface area contributed by atoms with E-state index in [0.717, 1.165) is 70.4 Å². The van der Waals surface area contributed by atoms with Gasteiger partial charge < -0.3 is 24.8 Å². The smallest absolute Gasteiger partial charge is 0.191 e. The van der Waals surface area contributed by atoms with Gasteiger partial charge in [-0.3, -0.25) is 9.89 Å². The Balaban J connectivity index is 0.00000480. The SMILES string of the molecule is CCN(CC)C(CNC(=NC)NCCCOCC1CCCO1)c1cccc(OC)c1.I. The van der Waals surface area contributed by atoms with E-state index in [1.54, 1.807) is 14.2 Å². The third kappa shape index (κ3) is 9.93. The molecule has 2 rings (SSSR count). The lowest BCUT2D eigenvalue weighted by molar-refractivity contribution is 0.0168. The molecule has 1 aliphatic rings. The number of rotatable bonds is 13. The predicted molar refractivity (Wildman–Crippen MR) is 138 cm³/mol. The van der Waals surface area contributed by atoms with Gasteiger partial charge in [-0.15, -0.1) is 24.0 Å². The van der Waals surface area contributed by atoms with Crippen LogP contribution in [0.25, 0.3) is 0 Å². The van der Waals surface area contributed by atoms with Gasteiger partial charge in [-0.2, -0.15) is 0 Å². The van der Waals surface area contributed by atoms with Crippen molar-refractivity contribution in [2.45, 2.75) is 45.3 Å². The number of hydrogen-bond donors (Lipinski definition) is 2. The second-order valence-electron chi connectivity index (χ2n) is 7.46. The van der Waals surface area contributed by atoms with E-state index in [-0.39, 0.29) is 30.0 Å². The highest BCUT2D eigenvalue weighted by atomic mass is 127. The van der Waals surface area contributed by atoms with Gasteiger partial charge in [0, 0.05) is 33.4 Å². The number of likely N-dealkylation sites (N-methyl/N-ethyl adjacent to an activating group) is 1. The first kappa shape index (κ1) is 27.9. The Morgan fingerprint density at radius 2 is 2.10 bits per heavy atom. The van der Waals surface area contributed by atoms with E-state index in [9.17, 15) is 0 Å². The highest BCUT2D eigenvalue weighted by Crippen LogP contribution is 2.23. The van der Waals surface area contributed by atoms with Crippen LogP contribution in [0.15, 0.2) is 29.3 Å². The van der Waals surface area contributed by atoms with Crippen LogP contribution in [0.5, 0.6) is 5.75 Å². The molecule has 2 N–H and O–H groups in total. The fourth-order valence-electron chi connectivity index (χ4n) is 3.76. The molecule has 1 fully saturated rings. The molecular weight excluding hydrogens is 507 g/mol. The second-order valence-corrected chi connectivity index (χ2v) is 7.46. The zero-order valence-corrected chi connectivity index (χ0v) is 21.9. The molecule has 2 atom stereocenters. The first-order chi connectivity index (χ1) is 14.7. The fraction of sp³-hybridized carbons (Fsp3) is 0.696. The fourth-order valence-corrected chi connectivity index (χ4v) is 3.76. The summed E-state index contributed by atoms with van der Waals surface area (Å²) in [6.45, 7) is 10.3. The lowest BCUT2D eigenvalue weighted by Gasteiger charge is -2.31. The Bertz CT molecular complexity index is 623. The van der Waals surface area contributed by atoms with Gasteiger partial charge in [0.25, 0.3) is 0 Å². The molecular formula is C23H41IN4O3. The molecule has 1 aliphatic heterocycles. The molecule has 0 aromatic heterocycles. The summed E-state index contributed by atoms with van der Waals surface area (Å²) in [4.78, 5) is 6.81. The summed E-state index contributed by atoms with van der Waals surface area (Å²) < 4.78 is 16.7. The summed E-state index contributed by atoms with van der Waals surface area (Å²) in [6, 6.07) is 8.55. The molecule has 178 valence electrons. The Labute approximate surface area is 205 Å². The summed E-state index contributed by atoms with van der Waals surface area (Å²) >= 11 is 0. The zero-order chi connectivity index (χ0) is 21.6. The Kier molecular flexibility index (Phi) is 14.9. The maximum Gasteiger partial charge on any atom is 0.191 e. The molecule has 1 aromatic rings. The summed E-state index contributed by atoms with van der Waals surface area (Å²) in [7, 11) is 3.52. The molecule has 0 radical (unpaired) electrons. The van der Waals surface area contributed by atoms with E-state index < -0.39 is 0 Å². The first-order valence-electron chi connectivity index (χ1n) is 11.2. The molecule has 0 saturated carbocycles. The number of halogens is 1. The Morgan fingerprint density at radius 1 is 1.29 bits per heavy atom. The average Bonchev–Trinajstić information content (AvgIpc) is 3.31. The third-order valence-electron chi connectivity index (χ3n) is 5.50. The predicted octanol–water partition coefficient (Wildman–Crippen LogP) is 3.45. The second kappa shape index (κ2) is 16.5. The van der Waals surface area contributed by atoms with Crippen molar-refractivity contribution in [3.8, 4) is 5.75 Å². The number of guanidine groups is 1. The summed E-state index contributed by atoms with van der Waals surface area (Å²) in [5.74, 6) is 1.70. The van der Waals surface area contributed by atoms with Gasteiger partial charge >= 0.3 is 0 Å². The molecule has 1 saturated heterocycles. The quantitative estimate of drug-likeness (QED) is 0.171. The molecule has 1 heterocycles. The van der Waals surface area contributed by atoms with Crippen LogP contribution >= 0.6 is 24.0 Å². The minimum Gasteiger partial charge on any atom is -0.497 e. The van der Waals surface area contributed by atoms with Crippen LogP contribution in [0.4, 0.5) is 0 Å². The molecule has 2 unspecified atom stereocenters. The van der Waals surface area contributed by atoms with Gasteiger partial charge in [0.15, 0.2) is 5.96 Å². The Hall–Kier alpha value is -1.10. The molecule has 1 aromatic carbocycles. The number of ether oxygens (including phenoxy) is 3. The largest absolute Gasteiger partial charge is 0.497 e. The van der Waals surface area contributed by atoms with Gasteiger partial charge in [0.1, 0.15) is 5.75 Å². The molecule has 31 heavy (non-hydrogen) atoms. The molecule has 0 amide bonds. The number of benzene rings is 1. The van der Waals surface area contributed by atoms with Crippen molar-refractivity contribution in [1.29, 1.82) is 0 Å². The van der Waals surface area contributed by atoms with Crippen molar-refractivity contribution >= 4 is 29.9 Å². The van der Waals surface area contributed by atoms with E-state index in [4.69, 9.17) is 14.2 Å². The van der Waals surface area contributed by atoms with Gasteiger partial charge in [0.05, 0.1) is 25.9 Å². The molecule has 0 spiro atoms. The van der Waals surface area contributed by atoms with Gasteiger partial charge in [0.2, 0.25) is 0 Å². The maximum atomic E-state index is 5.73. The lowest BCUT2D eigenvalue weighted by atomic mass is 10.0. The minimum atomic E-state index is 0. The van der Waals surface area contributed by atoms with E-state index in [0.29, 0.717) is 12.7 Å². The van der Waals surface area contributed by atoms with E-state index >= 15 is 0 Å². The van der Waals surface area contributed by atoms with Crippen molar-refractivity contribution in [1.82, 2.24) is 15.5 Å². The van der Waals surface area contributed by atoms with Gasteiger partial charge in [-0.05, 0) is 50.0 Å². The van der Waals surface area contributed by atoms with E-state index in [1.807, 2.05) is 12.1 Å². The Morgan fingerprint density at radius 3 is 2.74 bits per heavy atom. The van der Waals surface area contributed by atoms with Crippen LogP contribution in [-0.2, 0) is 9.47 Å². The third-order valence-corrected chi connectivity index (χ3v) is 5.50. The van der Waals surface area contributed by atoms with Crippen LogP contribution in [0.2, 0.25) is 0 Å². The van der Waals surface area contributed by atoms with Crippen molar-refractivity contribution in [2.24, 2.45) is 4.99 Å². The van der Waals surface area contributed by atoms with Crippen LogP contribution in [0.3, 0.4) is 0 Å². The topological polar surface area (TPSA) is 67.4 Å². The van der Waals surface area contributed by atoms with Crippen molar-refractivity contribution in [3.63, 3.8) is 0 Å². The number of hydrogen-bond acceptors (Lipinski definition) is 5. The minimum absolute atomic E-state index is 0. The molecule has 0 aliphatic carbocycles. The highest BCUT2D eigenvalue weighted by molar-refractivity contribution is 14.0. The molecule has 0 bridgehead atoms. The molecule has 7 nitrogen and oxygen atoms in total. The number of methoxy groups -OCH3 is 1. The lowest BCUT2D eigenvalue weighted by Crippen LogP contribution is -2.43. The summed E-state index contributed by atoms with van der Waals surface area (Å²) in [5.41, 5.74) is 1.24. The summed E-state index contributed by atoms with van der Waals surface area (Å²) in [5, 5.41) is 6.87. The highest BCUT2D eigenvalue weighted by Gasteiger charge is 2.19. The normalized spacial score (nSPS) is 17.3. The van der Waals surface area contributed by atoms with Crippen molar-refractivity contribution in [2.75, 3.05) is 60.2 Å². The van der Waals surface area contributed by atoms with E-state index in [1.165, 1.54) is 5.56 Å². The summed E-state index contributed by atoms with van der Waals surface area (Å²) in [6.07, 6.45) is 3.50. The first-order valence-corrected chi connectivity index (χ1v) is 11.2.